The lowest BCUT2D eigenvalue weighted by Gasteiger charge is -2.44. The Hall–Kier alpha value is -2.29. The van der Waals surface area contributed by atoms with Crippen molar-refractivity contribution >= 4 is 17.7 Å². The molecule has 0 radical (unpaired) electrons. The first kappa shape index (κ1) is 21.6. The molecule has 1 aromatic rings. The van der Waals surface area contributed by atoms with Gasteiger partial charge in [0.15, 0.2) is 0 Å². The molecular weight excluding hydrogens is 408 g/mol. The van der Waals surface area contributed by atoms with Crippen molar-refractivity contribution in [3.63, 3.8) is 0 Å². The van der Waals surface area contributed by atoms with E-state index in [1.165, 1.54) is 12.8 Å². The molecule has 3 N–H and O–H groups in total. The average Bonchev–Trinajstić information content (AvgIpc) is 3.10. The van der Waals surface area contributed by atoms with E-state index in [0.29, 0.717) is 25.1 Å². The number of hydrogen-bond acceptors (Lipinski definition) is 6. The van der Waals surface area contributed by atoms with Crippen molar-refractivity contribution in [3.8, 4) is 0 Å². The van der Waals surface area contributed by atoms with Gasteiger partial charge in [0.1, 0.15) is 6.04 Å². The molecular formula is C24H32N4O4. The quantitative estimate of drug-likeness (QED) is 0.596. The SMILES string of the molecule is O=C1CCC(N2Cc3cc(CNCC4CCCC5(CCNCC5)O4)ccc3C2=O)C(=O)N1. The maximum Gasteiger partial charge on any atom is 0.255 e. The summed E-state index contributed by atoms with van der Waals surface area (Å²) >= 11 is 0. The molecule has 5 rings (SSSR count). The maximum absolute atomic E-state index is 12.8. The van der Waals surface area contributed by atoms with Crippen LogP contribution in [0.1, 0.15) is 66.4 Å². The van der Waals surface area contributed by atoms with Gasteiger partial charge in [0, 0.05) is 31.6 Å². The number of imide groups is 1. The van der Waals surface area contributed by atoms with Gasteiger partial charge in [-0.3, -0.25) is 19.7 Å². The van der Waals surface area contributed by atoms with Crippen LogP contribution in [0.3, 0.4) is 0 Å². The Morgan fingerprint density at radius 3 is 2.78 bits per heavy atom. The minimum absolute atomic E-state index is 0.0727. The molecule has 32 heavy (non-hydrogen) atoms. The molecule has 4 heterocycles. The van der Waals surface area contributed by atoms with Gasteiger partial charge in [-0.25, -0.2) is 0 Å². The number of piperidine rings is 2. The minimum atomic E-state index is -0.570. The van der Waals surface area contributed by atoms with Crippen LogP contribution < -0.4 is 16.0 Å². The molecule has 3 saturated heterocycles. The molecule has 4 aliphatic rings. The van der Waals surface area contributed by atoms with Crippen LogP contribution in [0.2, 0.25) is 0 Å². The van der Waals surface area contributed by atoms with Crippen LogP contribution in [0.4, 0.5) is 0 Å². The van der Waals surface area contributed by atoms with Crippen molar-refractivity contribution in [1.82, 2.24) is 20.9 Å². The fourth-order valence-corrected chi connectivity index (χ4v) is 5.63. The number of rotatable bonds is 5. The fraction of sp³-hybridized carbons (Fsp3) is 0.625. The normalized spacial score (nSPS) is 27.5. The zero-order chi connectivity index (χ0) is 22.1. The molecule has 4 aliphatic heterocycles. The third-order valence-corrected chi connectivity index (χ3v) is 7.38. The Balaban J connectivity index is 1.16. The van der Waals surface area contributed by atoms with E-state index in [0.717, 1.165) is 50.0 Å². The van der Waals surface area contributed by atoms with Crippen molar-refractivity contribution < 1.29 is 19.1 Å². The van der Waals surface area contributed by atoms with Crippen molar-refractivity contribution in [1.29, 1.82) is 0 Å². The standard InChI is InChI=1S/C24H32N4O4/c29-21-6-5-20(22(30)27-21)28-15-17-12-16(3-4-19(17)23(28)31)13-26-14-18-2-1-7-24(32-18)8-10-25-11-9-24/h3-4,12,18,20,25-26H,1-2,5-11,13-15H2,(H,27,29,30). The molecule has 0 saturated carbocycles. The summed E-state index contributed by atoms with van der Waals surface area (Å²) in [5, 5.41) is 9.32. The summed E-state index contributed by atoms with van der Waals surface area (Å²) in [5.41, 5.74) is 2.79. The second-order valence-electron chi connectivity index (χ2n) is 9.59. The summed E-state index contributed by atoms with van der Waals surface area (Å²) in [6.07, 6.45) is 6.61. The number of carbonyl (C=O) groups is 3. The Kier molecular flexibility index (Phi) is 6.01. The zero-order valence-corrected chi connectivity index (χ0v) is 18.5. The number of fused-ring (bicyclic) bond motifs is 1. The second kappa shape index (κ2) is 8.92. The number of ether oxygens (including phenoxy) is 1. The first-order valence-electron chi connectivity index (χ1n) is 11.9. The molecule has 8 nitrogen and oxygen atoms in total. The van der Waals surface area contributed by atoms with Crippen LogP contribution in [0, 0.1) is 0 Å². The number of nitrogens with zero attached hydrogens (tertiary/aromatic N) is 1. The van der Waals surface area contributed by atoms with E-state index in [-0.39, 0.29) is 35.8 Å². The number of nitrogens with one attached hydrogen (secondary N) is 3. The van der Waals surface area contributed by atoms with Gasteiger partial charge in [-0.2, -0.15) is 0 Å². The number of hydrogen-bond donors (Lipinski definition) is 3. The highest BCUT2D eigenvalue weighted by Crippen LogP contribution is 2.35. The average molecular weight is 441 g/mol. The molecule has 172 valence electrons. The molecule has 1 spiro atoms. The summed E-state index contributed by atoms with van der Waals surface area (Å²) in [5.74, 6) is -0.767. The predicted molar refractivity (Wildman–Crippen MR) is 118 cm³/mol. The van der Waals surface area contributed by atoms with E-state index >= 15 is 0 Å². The zero-order valence-electron chi connectivity index (χ0n) is 18.5. The van der Waals surface area contributed by atoms with Gasteiger partial charge < -0.3 is 20.3 Å². The first-order chi connectivity index (χ1) is 15.5. The highest BCUT2D eigenvalue weighted by molar-refractivity contribution is 6.05. The monoisotopic (exact) mass is 440 g/mol. The third-order valence-electron chi connectivity index (χ3n) is 7.38. The number of benzene rings is 1. The minimum Gasteiger partial charge on any atom is -0.370 e. The molecule has 8 heteroatoms. The van der Waals surface area contributed by atoms with E-state index in [4.69, 9.17) is 4.74 Å². The third kappa shape index (κ3) is 4.31. The van der Waals surface area contributed by atoms with Crippen LogP contribution in [-0.4, -0.2) is 60.0 Å². The van der Waals surface area contributed by atoms with Gasteiger partial charge in [-0.1, -0.05) is 12.1 Å². The smallest absolute Gasteiger partial charge is 0.255 e. The Labute approximate surface area is 188 Å². The van der Waals surface area contributed by atoms with Crippen LogP contribution in [-0.2, 0) is 27.4 Å². The van der Waals surface area contributed by atoms with Crippen LogP contribution in [0.5, 0.6) is 0 Å². The van der Waals surface area contributed by atoms with Gasteiger partial charge in [0.25, 0.3) is 5.91 Å². The Morgan fingerprint density at radius 2 is 1.97 bits per heavy atom. The molecule has 1 aromatic carbocycles. The van der Waals surface area contributed by atoms with E-state index in [2.05, 4.69) is 22.0 Å². The van der Waals surface area contributed by atoms with E-state index in [9.17, 15) is 14.4 Å². The van der Waals surface area contributed by atoms with Crippen molar-refractivity contribution in [2.45, 2.75) is 75.8 Å². The van der Waals surface area contributed by atoms with Gasteiger partial charge in [-0.15, -0.1) is 0 Å². The molecule has 0 aromatic heterocycles. The van der Waals surface area contributed by atoms with Gasteiger partial charge in [0.2, 0.25) is 11.8 Å². The number of carbonyl (C=O) groups excluding carboxylic acids is 3. The Morgan fingerprint density at radius 1 is 1.12 bits per heavy atom. The lowest BCUT2D eigenvalue weighted by Crippen LogP contribution is -2.52. The molecule has 2 atom stereocenters. The lowest BCUT2D eigenvalue weighted by molar-refractivity contribution is -0.140. The van der Waals surface area contributed by atoms with Gasteiger partial charge in [0.05, 0.1) is 11.7 Å². The second-order valence-corrected chi connectivity index (χ2v) is 9.59. The summed E-state index contributed by atoms with van der Waals surface area (Å²) in [6.45, 7) is 4.05. The topological polar surface area (TPSA) is 99.8 Å². The lowest BCUT2D eigenvalue weighted by atomic mass is 9.84. The van der Waals surface area contributed by atoms with Crippen LogP contribution >= 0.6 is 0 Å². The highest BCUT2D eigenvalue weighted by Gasteiger charge is 2.39. The summed E-state index contributed by atoms with van der Waals surface area (Å²) < 4.78 is 6.52. The first-order valence-corrected chi connectivity index (χ1v) is 11.9. The summed E-state index contributed by atoms with van der Waals surface area (Å²) in [6, 6.07) is 5.33. The van der Waals surface area contributed by atoms with E-state index in [1.807, 2.05) is 12.1 Å². The highest BCUT2D eigenvalue weighted by atomic mass is 16.5. The molecule has 2 unspecified atom stereocenters. The fourth-order valence-electron chi connectivity index (χ4n) is 5.63. The van der Waals surface area contributed by atoms with Crippen LogP contribution in [0.15, 0.2) is 18.2 Å². The van der Waals surface area contributed by atoms with E-state index < -0.39 is 6.04 Å². The largest absolute Gasteiger partial charge is 0.370 e. The van der Waals surface area contributed by atoms with Gasteiger partial charge >= 0.3 is 0 Å². The summed E-state index contributed by atoms with van der Waals surface area (Å²) in [4.78, 5) is 38.1. The maximum atomic E-state index is 12.8. The van der Waals surface area contributed by atoms with Crippen molar-refractivity contribution in [2.24, 2.45) is 0 Å². The van der Waals surface area contributed by atoms with E-state index in [1.54, 1.807) is 4.90 Å². The summed E-state index contributed by atoms with van der Waals surface area (Å²) in [7, 11) is 0. The predicted octanol–water partition coefficient (Wildman–Crippen LogP) is 1.23. The number of amides is 3. The molecule has 3 fully saturated rings. The molecule has 0 bridgehead atoms. The molecule has 0 aliphatic carbocycles. The Bertz CT molecular complexity index is 906. The van der Waals surface area contributed by atoms with Gasteiger partial charge in [-0.05, 0) is 68.8 Å². The van der Waals surface area contributed by atoms with Crippen molar-refractivity contribution in [3.05, 3.63) is 34.9 Å². The molecule has 3 amide bonds. The van der Waals surface area contributed by atoms with Crippen molar-refractivity contribution in [2.75, 3.05) is 19.6 Å². The van der Waals surface area contributed by atoms with Crippen LogP contribution in [0.25, 0.3) is 0 Å².